The van der Waals surface area contributed by atoms with Crippen molar-refractivity contribution in [3.63, 3.8) is 0 Å². The smallest absolute Gasteiger partial charge is 0.305 e. The lowest BCUT2D eigenvalue weighted by atomic mass is 9.96. The Morgan fingerprint density at radius 3 is 2.69 bits per heavy atom. The molecule has 2 aromatic carbocycles. The molecule has 0 N–H and O–H groups in total. The number of carbonyl (C=O) groups is 1. The first-order valence-corrected chi connectivity index (χ1v) is 12.3. The molecule has 0 unspecified atom stereocenters. The minimum atomic E-state index is -0.151. The summed E-state index contributed by atoms with van der Waals surface area (Å²) >= 11 is 1.75. The standard InChI is InChI=1S/C27H31NO3S/c1-19-28-25-17-21(13-16-26(25)32-19)24-9-5-3-4-8-22(24)18-31-23-14-11-20(12-15-23)7-6-10-27(29)30-2/h11-17H,3-10,18H2,1-2H3. The quantitative estimate of drug-likeness (QED) is 0.351. The summed E-state index contributed by atoms with van der Waals surface area (Å²) in [7, 11) is 1.43. The molecular formula is C27H31NO3S. The summed E-state index contributed by atoms with van der Waals surface area (Å²) < 4.78 is 12.2. The molecule has 1 aromatic heterocycles. The van der Waals surface area contributed by atoms with Gasteiger partial charge in [-0.15, -0.1) is 11.3 Å². The average Bonchev–Trinajstić information content (AvgIpc) is 3.02. The van der Waals surface area contributed by atoms with Gasteiger partial charge in [-0.2, -0.15) is 0 Å². The van der Waals surface area contributed by atoms with Gasteiger partial charge in [0.2, 0.25) is 0 Å². The van der Waals surface area contributed by atoms with Gasteiger partial charge in [0, 0.05) is 6.42 Å². The van der Waals surface area contributed by atoms with E-state index in [1.54, 1.807) is 11.3 Å². The molecule has 4 nitrogen and oxygen atoms in total. The number of fused-ring (bicyclic) bond motifs is 1. The average molecular weight is 450 g/mol. The third-order valence-corrected chi connectivity index (χ3v) is 7.04. The number of hydrogen-bond donors (Lipinski definition) is 0. The fraction of sp³-hybridized carbons (Fsp3) is 0.407. The van der Waals surface area contributed by atoms with E-state index in [0.29, 0.717) is 13.0 Å². The lowest BCUT2D eigenvalue weighted by Gasteiger charge is -2.15. The molecule has 0 fully saturated rings. The summed E-state index contributed by atoms with van der Waals surface area (Å²) in [5.41, 5.74) is 6.46. The van der Waals surface area contributed by atoms with E-state index in [4.69, 9.17) is 14.5 Å². The SMILES string of the molecule is COC(=O)CCCc1ccc(OCC2=C(c3ccc4sc(C)nc4c3)CCCCC2)cc1. The third-order valence-electron chi connectivity index (χ3n) is 6.09. The Labute approximate surface area is 194 Å². The Bertz CT molecular complexity index is 1100. The highest BCUT2D eigenvalue weighted by Crippen LogP contribution is 2.34. The Morgan fingerprint density at radius 2 is 1.88 bits per heavy atom. The van der Waals surface area contributed by atoms with Crippen LogP contribution in [0.3, 0.4) is 0 Å². The topological polar surface area (TPSA) is 48.4 Å². The van der Waals surface area contributed by atoms with Gasteiger partial charge in [-0.1, -0.05) is 24.6 Å². The second-order valence-electron chi connectivity index (χ2n) is 8.42. The maximum atomic E-state index is 11.3. The first kappa shape index (κ1) is 22.5. The number of thiazole rings is 1. The maximum Gasteiger partial charge on any atom is 0.305 e. The molecule has 5 heteroatoms. The lowest BCUT2D eigenvalue weighted by Crippen LogP contribution is -2.04. The molecule has 3 aromatic rings. The second kappa shape index (κ2) is 10.8. The monoisotopic (exact) mass is 449 g/mol. The number of rotatable bonds is 8. The predicted molar refractivity (Wildman–Crippen MR) is 131 cm³/mol. The summed E-state index contributed by atoms with van der Waals surface area (Å²) in [6, 6.07) is 15.0. The van der Waals surface area contributed by atoms with Crippen molar-refractivity contribution in [3.05, 3.63) is 64.2 Å². The fourth-order valence-electron chi connectivity index (χ4n) is 4.34. The number of carbonyl (C=O) groups excluding carboxylic acids is 1. The van der Waals surface area contributed by atoms with Gasteiger partial charge < -0.3 is 9.47 Å². The lowest BCUT2D eigenvalue weighted by molar-refractivity contribution is -0.140. The summed E-state index contributed by atoms with van der Waals surface area (Å²) in [6.07, 6.45) is 8.03. The maximum absolute atomic E-state index is 11.3. The summed E-state index contributed by atoms with van der Waals surface area (Å²) in [5.74, 6) is 0.741. The molecule has 0 radical (unpaired) electrons. The van der Waals surface area contributed by atoms with Crippen molar-refractivity contribution in [2.45, 2.75) is 58.3 Å². The van der Waals surface area contributed by atoms with Crippen molar-refractivity contribution in [2.24, 2.45) is 0 Å². The number of ether oxygens (including phenoxy) is 2. The molecule has 168 valence electrons. The largest absolute Gasteiger partial charge is 0.489 e. The van der Waals surface area contributed by atoms with E-state index in [2.05, 4.69) is 37.3 Å². The van der Waals surface area contributed by atoms with Gasteiger partial charge in [0.15, 0.2) is 0 Å². The van der Waals surface area contributed by atoms with Crippen LogP contribution in [0.2, 0.25) is 0 Å². The number of aryl methyl sites for hydroxylation is 2. The molecule has 32 heavy (non-hydrogen) atoms. The Kier molecular flexibility index (Phi) is 7.59. The second-order valence-corrected chi connectivity index (χ2v) is 9.66. The summed E-state index contributed by atoms with van der Waals surface area (Å²) in [4.78, 5) is 16.0. The highest BCUT2D eigenvalue weighted by molar-refractivity contribution is 7.18. The van der Waals surface area contributed by atoms with Crippen LogP contribution in [0.25, 0.3) is 15.8 Å². The van der Waals surface area contributed by atoms with Crippen LogP contribution in [0.4, 0.5) is 0 Å². The number of esters is 1. The van der Waals surface area contributed by atoms with Gasteiger partial charge in [-0.25, -0.2) is 4.98 Å². The van der Waals surface area contributed by atoms with Gasteiger partial charge >= 0.3 is 5.97 Å². The minimum Gasteiger partial charge on any atom is -0.489 e. The number of aromatic nitrogens is 1. The minimum absolute atomic E-state index is 0.151. The fourth-order valence-corrected chi connectivity index (χ4v) is 5.15. The van der Waals surface area contributed by atoms with Crippen LogP contribution >= 0.6 is 11.3 Å². The Morgan fingerprint density at radius 1 is 1.06 bits per heavy atom. The number of benzene rings is 2. The molecule has 0 saturated carbocycles. The van der Waals surface area contributed by atoms with Crippen LogP contribution in [-0.4, -0.2) is 24.7 Å². The number of allylic oxidation sites excluding steroid dienone is 1. The third kappa shape index (κ3) is 5.77. The van der Waals surface area contributed by atoms with Crippen LogP contribution in [0, 0.1) is 6.92 Å². The van der Waals surface area contributed by atoms with Gasteiger partial charge in [0.1, 0.15) is 12.4 Å². The molecular weight excluding hydrogens is 418 g/mol. The molecule has 0 saturated heterocycles. The first-order valence-electron chi connectivity index (χ1n) is 11.5. The van der Waals surface area contributed by atoms with Crippen LogP contribution in [-0.2, 0) is 16.0 Å². The molecule has 1 heterocycles. The van der Waals surface area contributed by atoms with E-state index in [0.717, 1.165) is 42.0 Å². The van der Waals surface area contributed by atoms with Crippen LogP contribution in [0.15, 0.2) is 48.0 Å². The number of nitrogens with zero attached hydrogens (tertiary/aromatic N) is 1. The number of hydrogen-bond acceptors (Lipinski definition) is 5. The van der Waals surface area contributed by atoms with E-state index >= 15 is 0 Å². The highest BCUT2D eigenvalue weighted by Gasteiger charge is 2.15. The van der Waals surface area contributed by atoms with Crippen molar-refractivity contribution in [1.82, 2.24) is 4.98 Å². The van der Waals surface area contributed by atoms with E-state index in [1.165, 1.54) is 53.3 Å². The number of methoxy groups -OCH3 is 1. The predicted octanol–water partition coefficient (Wildman–Crippen LogP) is 6.90. The van der Waals surface area contributed by atoms with E-state index in [-0.39, 0.29) is 5.97 Å². The van der Waals surface area contributed by atoms with E-state index in [9.17, 15) is 4.79 Å². The van der Waals surface area contributed by atoms with Gasteiger partial charge in [-0.3, -0.25) is 4.79 Å². The van der Waals surface area contributed by atoms with Crippen LogP contribution < -0.4 is 4.74 Å². The molecule has 0 amide bonds. The van der Waals surface area contributed by atoms with Gasteiger partial charge in [0.25, 0.3) is 0 Å². The molecule has 0 aliphatic heterocycles. The molecule has 0 bridgehead atoms. The van der Waals surface area contributed by atoms with Crippen molar-refractivity contribution in [2.75, 3.05) is 13.7 Å². The first-order chi connectivity index (χ1) is 15.6. The van der Waals surface area contributed by atoms with Crippen molar-refractivity contribution < 1.29 is 14.3 Å². The van der Waals surface area contributed by atoms with Gasteiger partial charge in [0.05, 0.1) is 22.3 Å². The molecule has 0 spiro atoms. The van der Waals surface area contributed by atoms with Crippen LogP contribution in [0.1, 0.15) is 61.1 Å². The molecule has 1 aliphatic carbocycles. The normalized spacial score (nSPS) is 14.4. The zero-order chi connectivity index (χ0) is 22.3. The molecule has 4 rings (SSSR count). The van der Waals surface area contributed by atoms with Crippen LogP contribution in [0.5, 0.6) is 5.75 Å². The zero-order valence-corrected chi connectivity index (χ0v) is 19.8. The highest BCUT2D eigenvalue weighted by atomic mass is 32.1. The van der Waals surface area contributed by atoms with Crippen molar-refractivity contribution in [1.29, 1.82) is 0 Å². The zero-order valence-electron chi connectivity index (χ0n) is 19.0. The van der Waals surface area contributed by atoms with E-state index in [1.807, 2.05) is 12.1 Å². The summed E-state index contributed by atoms with van der Waals surface area (Å²) in [6.45, 7) is 2.70. The Balaban J connectivity index is 1.44. The summed E-state index contributed by atoms with van der Waals surface area (Å²) in [5, 5.41) is 1.12. The van der Waals surface area contributed by atoms with Gasteiger partial charge in [-0.05, 0) is 92.0 Å². The van der Waals surface area contributed by atoms with Crippen molar-refractivity contribution in [3.8, 4) is 5.75 Å². The Hall–Kier alpha value is -2.66. The van der Waals surface area contributed by atoms with E-state index < -0.39 is 0 Å². The van der Waals surface area contributed by atoms with Crippen molar-refractivity contribution >= 4 is 33.1 Å². The molecule has 1 aliphatic rings. The molecule has 0 atom stereocenters.